The van der Waals surface area contributed by atoms with Gasteiger partial charge in [0.15, 0.2) is 0 Å². The number of nitriles is 1. The molecule has 1 aliphatic heterocycles. The lowest BCUT2D eigenvalue weighted by Gasteiger charge is -2.11. The molecular formula is C16H11BrClNO2. The lowest BCUT2D eigenvalue weighted by Crippen LogP contribution is -1.99. The topological polar surface area (TPSA) is 42.2 Å². The van der Waals surface area contributed by atoms with E-state index in [1.807, 2.05) is 12.1 Å². The van der Waals surface area contributed by atoms with E-state index in [4.69, 9.17) is 26.3 Å². The number of nitrogens with zero attached hydrogens (tertiary/aromatic N) is 1. The predicted octanol–water partition coefficient (Wildman–Crippen LogP) is 4.49. The van der Waals surface area contributed by atoms with Crippen LogP contribution in [0.3, 0.4) is 0 Å². The zero-order valence-electron chi connectivity index (χ0n) is 11.0. The highest BCUT2D eigenvalue weighted by Crippen LogP contribution is 2.34. The van der Waals surface area contributed by atoms with Crippen molar-refractivity contribution in [3.05, 3.63) is 56.5 Å². The van der Waals surface area contributed by atoms with Crippen molar-refractivity contribution in [1.29, 1.82) is 5.26 Å². The van der Waals surface area contributed by atoms with Crippen LogP contribution in [0.2, 0.25) is 5.02 Å². The summed E-state index contributed by atoms with van der Waals surface area (Å²) in [6.07, 6.45) is 0.921. The number of hydrogen-bond donors (Lipinski definition) is 0. The monoisotopic (exact) mass is 363 g/mol. The van der Waals surface area contributed by atoms with E-state index in [1.165, 1.54) is 5.56 Å². The Morgan fingerprint density at radius 3 is 2.95 bits per heavy atom. The Labute approximate surface area is 136 Å². The third kappa shape index (κ3) is 2.99. The van der Waals surface area contributed by atoms with Gasteiger partial charge in [-0.3, -0.25) is 0 Å². The maximum Gasteiger partial charge on any atom is 0.129 e. The van der Waals surface area contributed by atoms with Crippen LogP contribution >= 0.6 is 27.5 Å². The molecule has 106 valence electrons. The van der Waals surface area contributed by atoms with Crippen LogP contribution in [0, 0.1) is 11.3 Å². The molecule has 0 saturated carbocycles. The lowest BCUT2D eigenvalue weighted by atomic mass is 10.1. The molecule has 5 heteroatoms. The molecule has 1 aliphatic rings. The van der Waals surface area contributed by atoms with Crippen molar-refractivity contribution >= 4 is 27.5 Å². The molecule has 0 fully saturated rings. The van der Waals surface area contributed by atoms with Crippen molar-refractivity contribution < 1.29 is 9.47 Å². The van der Waals surface area contributed by atoms with Crippen molar-refractivity contribution in [3.63, 3.8) is 0 Å². The van der Waals surface area contributed by atoms with E-state index in [1.54, 1.807) is 18.2 Å². The van der Waals surface area contributed by atoms with Crippen LogP contribution < -0.4 is 9.47 Å². The predicted molar refractivity (Wildman–Crippen MR) is 83.8 cm³/mol. The van der Waals surface area contributed by atoms with E-state index in [-0.39, 0.29) is 0 Å². The van der Waals surface area contributed by atoms with E-state index in [0.717, 1.165) is 22.2 Å². The van der Waals surface area contributed by atoms with Crippen molar-refractivity contribution in [2.24, 2.45) is 0 Å². The van der Waals surface area contributed by atoms with E-state index in [0.29, 0.717) is 29.5 Å². The van der Waals surface area contributed by atoms with E-state index < -0.39 is 0 Å². The Balaban J connectivity index is 1.80. The molecule has 0 bridgehead atoms. The highest BCUT2D eigenvalue weighted by molar-refractivity contribution is 9.10. The SMILES string of the molecule is N#Cc1ccc(OCc2cc(Br)cc3c2OCC3)cc1Cl. The van der Waals surface area contributed by atoms with Crippen LogP contribution in [0.1, 0.15) is 16.7 Å². The first kappa shape index (κ1) is 14.2. The smallest absolute Gasteiger partial charge is 0.129 e. The molecule has 0 saturated heterocycles. The molecular weight excluding hydrogens is 354 g/mol. The van der Waals surface area contributed by atoms with Gasteiger partial charge in [-0.2, -0.15) is 5.26 Å². The molecule has 0 atom stereocenters. The first-order valence-electron chi connectivity index (χ1n) is 6.44. The fourth-order valence-electron chi connectivity index (χ4n) is 2.29. The van der Waals surface area contributed by atoms with Crippen LogP contribution in [0.4, 0.5) is 0 Å². The average Bonchev–Trinajstić information content (AvgIpc) is 2.93. The molecule has 3 nitrogen and oxygen atoms in total. The number of ether oxygens (including phenoxy) is 2. The second-order valence-corrected chi connectivity index (χ2v) is 6.02. The third-order valence-electron chi connectivity index (χ3n) is 3.28. The summed E-state index contributed by atoms with van der Waals surface area (Å²) in [4.78, 5) is 0. The fourth-order valence-corrected chi connectivity index (χ4v) is 3.06. The molecule has 2 aromatic rings. The Bertz CT molecular complexity index is 740. The molecule has 0 N–H and O–H groups in total. The summed E-state index contributed by atoms with van der Waals surface area (Å²) in [5, 5.41) is 9.25. The molecule has 2 aromatic carbocycles. The molecule has 0 aromatic heterocycles. The van der Waals surface area contributed by atoms with Gasteiger partial charge in [-0.25, -0.2) is 0 Å². The fraction of sp³-hybridized carbons (Fsp3) is 0.188. The van der Waals surface area contributed by atoms with Crippen LogP contribution in [-0.2, 0) is 13.0 Å². The first-order valence-corrected chi connectivity index (χ1v) is 7.61. The maximum absolute atomic E-state index is 8.86. The highest BCUT2D eigenvalue weighted by Gasteiger charge is 2.17. The quantitative estimate of drug-likeness (QED) is 0.806. The standard InChI is InChI=1S/C16H11BrClNO2/c17-13-5-10-3-4-20-16(10)12(6-13)9-21-14-2-1-11(8-19)15(18)7-14/h1-2,5-7H,3-4,9H2. The molecule has 21 heavy (non-hydrogen) atoms. The maximum atomic E-state index is 8.86. The van der Waals surface area contributed by atoms with Gasteiger partial charge in [-0.1, -0.05) is 27.5 Å². The van der Waals surface area contributed by atoms with Crippen LogP contribution in [0.15, 0.2) is 34.8 Å². The number of fused-ring (bicyclic) bond motifs is 1. The van der Waals surface area contributed by atoms with Crippen LogP contribution in [-0.4, -0.2) is 6.61 Å². The van der Waals surface area contributed by atoms with Gasteiger partial charge in [-0.15, -0.1) is 0 Å². The van der Waals surface area contributed by atoms with Gasteiger partial charge in [0.1, 0.15) is 24.2 Å². The third-order valence-corrected chi connectivity index (χ3v) is 4.05. The van der Waals surface area contributed by atoms with Crippen molar-refractivity contribution in [2.75, 3.05) is 6.61 Å². The largest absolute Gasteiger partial charge is 0.493 e. The molecule has 0 spiro atoms. The van der Waals surface area contributed by atoms with E-state index in [2.05, 4.69) is 22.0 Å². The van der Waals surface area contributed by atoms with Crippen LogP contribution in [0.25, 0.3) is 0 Å². The summed E-state index contributed by atoms with van der Waals surface area (Å²) >= 11 is 9.50. The van der Waals surface area contributed by atoms with Gasteiger partial charge in [0, 0.05) is 22.5 Å². The second kappa shape index (κ2) is 5.97. The summed E-state index contributed by atoms with van der Waals surface area (Å²) in [5.41, 5.74) is 2.63. The Hall–Kier alpha value is -1.70. The number of benzene rings is 2. The van der Waals surface area contributed by atoms with Crippen LogP contribution in [0.5, 0.6) is 11.5 Å². The molecule has 1 heterocycles. The Kier molecular flexibility index (Phi) is 4.05. The summed E-state index contributed by atoms with van der Waals surface area (Å²) in [7, 11) is 0. The summed E-state index contributed by atoms with van der Waals surface area (Å²) in [5.74, 6) is 1.55. The zero-order chi connectivity index (χ0) is 14.8. The van der Waals surface area contributed by atoms with Crippen molar-refractivity contribution in [1.82, 2.24) is 0 Å². The number of hydrogen-bond acceptors (Lipinski definition) is 3. The van der Waals surface area contributed by atoms with Gasteiger partial charge in [0.2, 0.25) is 0 Å². The lowest BCUT2D eigenvalue weighted by molar-refractivity contribution is 0.292. The van der Waals surface area contributed by atoms with E-state index in [9.17, 15) is 0 Å². The minimum Gasteiger partial charge on any atom is -0.493 e. The summed E-state index contributed by atoms with van der Waals surface area (Å²) < 4.78 is 12.4. The van der Waals surface area contributed by atoms with Gasteiger partial charge >= 0.3 is 0 Å². The van der Waals surface area contributed by atoms with Crippen molar-refractivity contribution in [3.8, 4) is 17.6 Å². The average molecular weight is 365 g/mol. The second-order valence-electron chi connectivity index (χ2n) is 4.69. The normalized spacial score (nSPS) is 12.4. The Morgan fingerprint density at radius 1 is 1.33 bits per heavy atom. The molecule has 3 rings (SSSR count). The molecule has 0 radical (unpaired) electrons. The van der Waals surface area contributed by atoms with Crippen molar-refractivity contribution in [2.45, 2.75) is 13.0 Å². The number of rotatable bonds is 3. The van der Waals surface area contributed by atoms with Gasteiger partial charge in [0.25, 0.3) is 0 Å². The summed E-state index contributed by atoms with van der Waals surface area (Å²) in [6, 6.07) is 11.1. The van der Waals surface area contributed by atoms with E-state index >= 15 is 0 Å². The van der Waals surface area contributed by atoms with Gasteiger partial charge in [0.05, 0.1) is 17.2 Å². The molecule has 0 unspecified atom stereocenters. The first-order chi connectivity index (χ1) is 10.2. The zero-order valence-corrected chi connectivity index (χ0v) is 13.4. The Morgan fingerprint density at radius 2 is 2.19 bits per heavy atom. The minimum atomic E-state index is 0.393. The molecule has 0 amide bonds. The minimum absolute atomic E-state index is 0.393. The molecule has 0 aliphatic carbocycles. The summed E-state index contributed by atoms with van der Waals surface area (Å²) in [6.45, 7) is 1.10. The van der Waals surface area contributed by atoms with Gasteiger partial charge in [-0.05, 0) is 29.8 Å². The number of halogens is 2. The van der Waals surface area contributed by atoms with Gasteiger partial charge < -0.3 is 9.47 Å². The highest BCUT2D eigenvalue weighted by atomic mass is 79.9.